The van der Waals surface area contributed by atoms with Gasteiger partial charge in [0, 0.05) is 32.3 Å². The number of hydrogen-bond donors (Lipinski definition) is 2. The first-order valence-corrected chi connectivity index (χ1v) is 6.38. The maximum Gasteiger partial charge on any atom is 0.339 e. The Morgan fingerprint density at radius 2 is 2.11 bits per heavy atom. The van der Waals surface area contributed by atoms with Crippen molar-refractivity contribution in [1.29, 1.82) is 0 Å². The van der Waals surface area contributed by atoms with Crippen molar-refractivity contribution in [2.75, 3.05) is 25.0 Å². The Hall–Kier alpha value is -2.11. The number of likely N-dealkylation sites (tertiary alicyclic amines) is 1. The van der Waals surface area contributed by atoms with Crippen molar-refractivity contribution in [1.82, 2.24) is 9.88 Å². The normalized spacial score (nSPS) is 14.4. The Labute approximate surface area is 111 Å². The molecule has 2 rings (SSSR count). The van der Waals surface area contributed by atoms with Crippen LogP contribution in [0.15, 0.2) is 18.3 Å². The molecule has 102 valence electrons. The molecule has 0 aromatic carbocycles. The summed E-state index contributed by atoms with van der Waals surface area (Å²) in [6.45, 7) is 2.07. The summed E-state index contributed by atoms with van der Waals surface area (Å²) < 4.78 is 0. The fourth-order valence-corrected chi connectivity index (χ4v) is 2.13. The lowest BCUT2D eigenvalue weighted by molar-refractivity contribution is -0.129. The molecule has 0 atom stereocenters. The van der Waals surface area contributed by atoms with Gasteiger partial charge in [0.05, 0.1) is 0 Å². The molecule has 2 heterocycles. The van der Waals surface area contributed by atoms with Gasteiger partial charge in [-0.3, -0.25) is 4.79 Å². The van der Waals surface area contributed by atoms with E-state index in [1.54, 1.807) is 6.07 Å². The van der Waals surface area contributed by atoms with E-state index in [9.17, 15) is 9.59 Å². The van der Waals surface area contributed by atoms with E-state index >= 15 is 0 Å². The fraction of sp³-hybridized carbons (Fsp3) is 0.462. The van der Waals surface area contributed by atoms with Crippen LogP contribution in [0.3, 0.4) is 0 Å². The highest BCUT2D eigenvalue weighted by Gasteiger charge is 2.17. The van der Waals surface area contributed by atoms with E-state index in [0.717, 1.165) is 25.9 Å². The minimum atomic E-state index is -1.03. The number of aromatic carboxylic acids is 1. The molecule has 0 aliphatic carbocycles. The van der Waals surface area contributed by atoms with E-state index in [1.165, 1.54) is 12.3 Å². The first kappa shape index (κ1) is 13.3. The number of carboxylic acids is 1. The standard InChI is InChI=1S/C13H17N3O3/c17-11(16-8-1-2-9-16)5-7-15-12-10(13(18)19)4-3-6-14-12/h3-4,6H,1-2,5,7-9H2,(H,14,15)(H,18,19). The Bertz CT molecular complexity index is 470. The van der Waals surface area contributed by atoms with Gasteiger partial charge in [-0.2, -0.15) is 0 Å². The van der Waals surface area contributed by atoms with E-state index in [0.29, 0.717) is 18.8 Å². The quantitative estimate of drug-likeness (QED) is 0.834. The number of carbonyl (C=O) groups excluding carboxylic acids is 1. The number of aromatic nitrogens is 1. The third-order valence-corrected chi connectivity index (χ3v) is 3.13. The van der Waals surface area contributed by atoms with Crippen LogP contribution < -0.4 is 5.32 Å². The first-order chi connectivity index (χ1) is 9.18. The minimum absolute atomic E-state index is 0.109. The molecular weight excluding hydrogens is 246 g/mol. The van der Waals surface area contributed by atoms with Gasteiger partial charge in [-0.15, -0.1) is 0 Å². The van der Waals surface area contributed by atoms with Crippen molar-refractivity contribution in [2.24, 2.45) is 0 Å². The number of anilines is 1. The van der Waals surface area contributed by atoms with Crippen molar-refractivity contribution in [2.45, 2.75) is 19.3 Å². The van der Waals surface area contributed by atoms with Crippen LogP contribution in [0, 0.1) is 0 Å². The number of pyridine rings is 1. The van der Waals surface area contributed by atoms with Crippen molar-refractivity contribution in [3.63, 3.8) is 0 Å². The van der Waals surface area contributed by atoms with E-state index in [-0.39, 0.29) is 11.5 Å². The molecule has 2 N–H and O–H groups in total. The predicted octanol–water partition coefficient (Wildman–Crippen LogP) is 1.20. The molecule has 0 saturated carbocycles. The lowest BCUT2D eigenvalue weighted by Gasteiger charge is -2.15. The summed E-state index contributed by atoms with van der Waals surface area (Å²) in [5.41, 5.74) is 0.121. The summed E-state index contributed by atoms with van der Waals surface area (Å²) in [4.78, 5) is 28.6. The van der Waals surface area contributed by atoms with Crippen LogP contribution in [0.5, 0.6) is 0 Å². The van der Waals surface area contributed by atoms with Crippen LogP contribution in [0.25, 0.3) is 0 Å². The topological polar surface area (TPSA) is 82.5 Å². The zero-order valence-corrected chi connectivity index (χ0v) is 10.6. The maximum absolute atomic E-state index is 11.8. The van der Waals surface area contributed by atoms with Gasteiger partial charge in [0.25, 0.3) is 0 Å². The second-order valence-corrected chi connectivity index (χ2v) is 4.47. The zero-order chi connectivity index (χ0) is 13.7. The van der Waals surface area contributed by atoms with Crippen molar-refractivity contribution in [3.05, 3.63) is 23.9 Å². The van der Waals surface area contributed by atoms with E-state index in [1.807, 2.05) is 4.90 Å². The molecule has 1 amide bonds. The summed E-state index contributed by atoms with van der Waals surface area (Å²) in [5.74, 6) is -0.608. The third kappa shape index (κ3) is 3.43. The number of hydrogen-bond acceptors (Lipinski definition) is 4. The van der Waals surface area contributed by atoms with Gasteiger partial charge >= 0.3 is 5.97 Å². The molecule has 0 spiro atoms. The molecule has 0 radical (unpaired) electrons. The van der Waals surface area contributed by atoms with Crippen molar-refractivity contribution >= 4 is 17.7 Å². The maximum atomic E-state index is 11.8. The van der Waals surface area contributed by atoms with E-state index < -0.39 is 5.97 Å². The SMILES string of the molecule is O=C(O)c1cccnc1NCCC(=O)N1CCCC1. The Morgan fingerprint density at radius 3 is 2.79 bits per heavy atom. The minimum Gasteiger partial charge on any atom is -0.478 e. The van der Waals surface area contributed by atoms with Gasteiger partial charge in [0.1, 0.15) is 11.4 Å². The second-order valence-electron chi connectivity index (χ2n) is 4.47. The van der Waals surface area contributed by atoms with Crippen LogP contribution >= 0.6 is 0 Å². The number of carboxylic acid groups (broad SMARTS) is 1. The van der Waals surface area contributed by atoms with Gasteiger partial charge in [0.15, 0.2) is 0 Å². The van der Waals surface area contributed by atoms with Crippen molar-refractivity contribution in [3.8, 4) is 0 Å². The van der Waals surface area contributed by atoms with Crippen LogP contribution in [-0.2, 0) is 4.79 Å². The molecule has 6 heteroatoms. The van der Waals surface area contributed by atoms with Gasteiger partial charge in [-0.1, -0.05) is 0 Å². The second kappa shape index (κ2) is 6.17. The average Bonchev–Trinajstić information content (AvgIpc) is 2.93. The van der Waals surface area contributed by atoms with Crippen LogP contribution in [-0.4, -0.2) is 46.5 Å². The number of rotatable bonds is 5. The Kier molecular flexibility index (Phi) is 4.33. The molecule has 1 aliphatic rings. The number of nitrogens with one attached hydrogen (secondary N) is 1. The number of carbonyl (C=O) groups is 2. The lowest BCUT2D eigenvalue weighted by Crippen LogP contribution is -2.29. The summed E-state index contributed by atoms with van der Waals surface area (Å²) in [6.07, 6.45) is 4.03. The zero-order valence-electron chi connectivity index (χ0n) is 10.6. The molecule has 1 aromatic heterocycles. The van der Waals surface area contributed by atoms with Crippen LogP contribution in [0.1, 0.15) is 29.6 Å². The van der Waals surface area contributed by atoms with Gasteiger partial charge in [-0.05, 0) is 25.0 Å². The van der Waals surface area contributed by atoms with E-state index in [2.05, 4.69) is 10.3 Å². The molecule has 1 aromatic rings. The Balaban J connectivity index is 1.85. The highest BCUT2D eigenvalue weighted by atomic mass is 16.4. The molecule has 1 aliphatic heterocycles. The molecular formula is C13H17N3O3. The van der Waals surface area contributed by atoms with Crippen LogP contribution in [0.4, 0.5) is 5.82 Å². The highest BCUT2D eigenvalue weighted by Crippen LogP contribution is 2.12. The molecule has 6 nitrogen and oxygen atoms in total. The van der Waals surface area contributed by atoms with E-state index in [4.69, 9.17) is 5.11 Å². The first-order valence-electron chi connectivity index (χ1n) is 6.38. The monoisotopic (exact) mass is 263 g/mol. The molecule has 0 bridgehead atoms. The average molecular weight is 263 g/mol. The summed E-state index contributed by atoms with van der Waals surface area (Å²) >= 11 is 0. The van der Waals surface area contributed by atoms with Crippen molar-refractivity contribution < 1.29 is 14.7 Å². The molecule has 0 unspecified atom stereocenters. The summed E-state index contributed by atoms with van der Waals surface area (Å²) in [6, 6.07) is 3.06. The lowest BCUT2D eigenvalue weighted by atomic mass is 10.2. The molecule has 1 saturated heterocycles. The number of amides is 1. The predicted molar refractivity (Wildman–Crippen MR) is 70.1 cm³/mol. The van der Waals surface area contributed by atoms with Gasteiger partial charge in [0.2, 0.25) is 5.91 Å². The summed E-state index contributed by atoms with van der Waals surface area (Å²) in [7, 11) is 0. The smallest absolute Gasteiger partial charge is 0.339 e. The third-order valence-electron chi connectivity index (χ3n) is 3.13. The molecule has 19 heavy (non-hydrogen) atoms. The fourth-order valence-electron chi connectivity index (χ4n) is 2.13. The molecule has 1 fully saturated rings. The van der Waals surface area contributed by atoms with Crippen LogP contribution in [0.2, 0.25) is 0 Å². The Morgan fingerprint density at radius 1 is 1.37 bits per heavy atom. The highest BCUT2D eigenvalue weighted by molar-refractivity contribution is 5.93. The summed E-state index contributed by atoms with van der Waals surface area (Å²) in [5, 5.41) is 11.9. The van der Waals surface area contributed by atoms with Gasteiger partial charge < -0.3 is 15.3 Å². The number of nitrogens with zero attached hydrogens (tertiary/aromatic N) is 2. The van der Waals surface area contributed by atoms with Gasteiger partial charge in [-0.25, -0.2) is 9.78 Å². The largest absolute Gasteiger partial charge is 0.478 e.